The summed E-state index contributed by atoms with van der Waals surface area (Å²) in [5, 5.41) is 9.21. The summed E-state index contributed by atoms with van der Waals surface area (Å²) in [5.41, 5.74) is 0.668. The molecule has 7 nitrogen and oxygen atoms in total. The second-order valence-corrected chi connectivity index (χ2v) is 6.35. The fraction of sp³-hybridized carbons (Fsp3) is 0.500. The molecule has 0 radical (unpaired) electrons. The summed E-state index contributed by atoms with van der Waals surface area (Å²) in [6.45, 7) is 2.55. The third kappa shape index (κ3) is 3.99. The van der Waals surface area contributed by atoms with Crippen LogP contribution in [-0.4, -0.2) is 71.6 Å². The quantitative estimate of drug-likeness (QED) is 0.870. The maximum Gasteiger partial charge on any atom is 0.335 e. The van der Waals surface area contributed by atoms with Crippen molar-refractivity contribution >= 4 is 17.8 Å². The fourth-order valence-corrected chi connectivity index (χ4v) is 3.31. The van der Waals surface area contributed by atoms with Crippen molar-refractivity contribution in [1.29, 1.82) is 0 Å². The van der Waals surface area contributed by atoms with E-state index in [0.717, 1.165) is 12.8 Å². The molecule has 1 N–H and O–H groups in total. The molecule has 0 spiro atoms. The van der Waals surface area contributed by atoms with E-state index < -0.39 is 5.97 Å². The molecule has 1 aromatic rings. The first-order valence-electron chi connectivity index (χ1n) is 8.55. The molecular formula is C18H22N2O5. The van der Waals surface area contributed by atoms with Crippen molar-refractivity contribution in [2.75, 3.05) is 32.8 Å². The molecule has 0 bridgehead atoms. The molecule has 1 unspecified atom stereocenters. The van der Waals surface area contributed by atoms with Crippen LogP contribution in [0, 0.1) is 0 Å². The first kappa shape index (κ1) is 17.4. The standard InChI is InChI=1S/C18H22N2O5/c21-16(12-13-4-1-2-5-14(13)18(23)24)19-7-9-20(10-8-19)17(22)15-6-3-11-25-15/h1-2,4-5,15H,3,6-12H2,(H,23,24). The lowest BCUT2D eigenvalue weighted by molar-refractivity contribution is -0.145. The molecule has 0 aliphatic carbocycles. The third-order valence-electron chi connectivity index (χ3n) is 4.74. The van der Waals surface area contributed by atoms with Gasteiger partial charge in [0.25, 0.3) is 5.91 Å². The molecule has 1 atom stereocenters. The van der Waals surface area contributed by atoms with Crippen LogP contribution in [-0.2, 0) is 20.7 Å². The van der Waals surface area contributed by atoms with Gasteiger partial charge in [-0.15, -0.1) is 0 Å². The van der Waals surface area contributed by atoms with Crippen LogP contribution >= 0.6 is 0 Å². The molecule has 0 aromatic heterocycles. The first-order valence-corrected chi connectivity index (χ1v) is 8.55. The number of carboxylic acid groups (broad SMARTS) is 1. The summed E-state index contributed by atoms with van der Waals surface area (Å²) in [7, 11) is 0. The number of benzene rings is 1. The normalized spacial score (nSPS) is 20.6. The van der Waals surface area contributed by atoms with E-state index in [4.69, 9.17) is 4.74 Å². The fourth-order valence-electron chi connectivity index (χ4n) is 3.31. The van der Waals surface area contributed by atoms with Crippen LogP contribution in [0.3, 0.4) is 0 Å². The second-order valence-electron chi connectivity index (χ2n) is 6.35. The molecule has 0 saturated carbocycles. The first-order chi connectivity index (χ1) is 12.1. The van der Waals surface area contributed by atoms with Crippen LogP contribution in [0.25, 0.3) is 0 Å². The number of carbonyl (C=O) groups is 3. The Balaban J connectivity index is 1.55. The molecule has 2 aliphatic rings. The highest BCUT2D eigenvalue weighted by Crippen LogP contribution is 2.17. The number of carbonyl (C=O) groups excluding carboxylic acids is 2. The van der Waals surface area contributed by atoms with Crippen LogP contribution in [0.15, 0.2) is 24.3 Å². The average molecular weight is 346 g/mol. The molecule has 2 heterocycles. The number of piperazine rings is 1. The molecular weight excluding hydrogens is 324 g/mol. The van der Waals surface area contributed by atoms with Crippen molar-refractivity contribution in [3.05, 3.63) is 35.4 Å². The Kier molecular flexibility index (Phi) is 5.33. The zero-order valence-electron chi connectivity index (χ0n) is 14.0. The molecule has 1 aromatic carbocycles. The van der Waals surface area contributed by atoms with Gasteiger partial charge in [-0.05, 0) is 24.5 Å². The minimum absolute atomic E-state index is 0.0146. The van der Waals surface area contributed by atoms with Gasteiger partial charge in [-0.2, -0.15) is 0 Å². The number of carboxylic acids is 1. The summed E-state index contributed by atoms with van der Waals surface area (Å²) < 4.78 is 5.43. The molecule has 134 valence electrons. The van der Waals surface area contributed by atoms with Crippen LogP contribution in [0.2, 0.25) is 0 Å². The lowest BCUT2D eigenvalue weighted by Gasteiger charge is -2.35. The van der Waals surface area contributed by atoms with Gasteiger partial charge in [0, 0.05) is 32.8 Å². The van der Waals surface area contributed by atoms with E-state index >= 15 is 0 Å². The van der Waals surface area contributed by atoms with Crippen LogP contribution in [0.4, 0.5) is 0 Å². The van der Waals surface area contributed by atoms with E-state index in [1.54, 1.807) is 28.0 Å². The Morgan fingerprint density at radius 2 is 1.76 bits per heavy atom. The van der Waals surface area contributed by atoms with E-state index in [0.29, 0.717) is 38.3 Å². The molecule has 2 amide bonds. The van der Waals surface area contributed by atoms with E-state index in [2.05, 4.69) is 0 Å². The van der Waals surface area contributed by atoms with Crippen LogP contribution < -0.4 is 0 Å². The van der Waals surface area contributed by atoms with Gasteiger partial charge in [0.2, 0.25) is 5.91 Å². The largest absolute Gasteiger partial charge is 0.478 e. The number of rotatable bonds is 4. The minimum Gasteiger partial charge on any atom is -0.478 e. The van der Waals surface area contributed by atoms with Crippen molar-refractivity contribution < 1.29 is 24.2 Å². The number of nitrogens with zero attached hydrogens (tertiary/aromatic N) is 2. The Hall–Kier alpha value is -2.41. The number of hydrogen-bond acceptors (Lipinski definition) is 4. The van der Waals surface area contributed by atoms with E-state index in [1.165, 1.54) is 6.07 Å². The molecule has 2 aliphatic heterocycles. The van der Waals surface area contributed by atoms with Crippen molar-refractivity contribution in [3.63, 3.8) is 0 Å². The van der Waals surface area contributed by atoms with Crippen LogP contribution in [0.5, 0.6) is 0 Å². The number of ether oxygens (including phenoxy) is 1. The summed E-state index contributed by atoms with van der Waals surface area (Å²) in [6, 6.07) is 6.54. The van der Waals surface area contributed by atoms with E-state index in [-0.39, 0.29) is 29.9 Å². The number of amides is 2. The Labute approximate surface area is 146 Å². The lowest BCUT2D eigenvalue weighted by Crippen LogP contribution is -2.53. The predicted octanol–water partition coefficient (Wildman–Crippen LogP) is 0.777. The zero-order chi connectivity index (χ0) is 17.8. The summed E-state index contributed by atoms with van der Waals surface area (Å²) >= 11 is 0. The van der Waals surface area contributed by atoms with Gasteiger partial charge >= 0.3 is 5.97 Å². The third-order valence-corrected chi connectivity index (χ3v) is 4.74. The Bertz CT molecular complexity index is 661. The Morgan fingerprint density at radius 3 is 2.40 bits per heavy atom. The van der Waals surface area contributed by atoms with Gasteiger partial charge in [0.1, 0.15) is 6.10 Å². The molecule has 2 saturated heterocycles. The second kappa shape index (κ2) is 7.65. The van der Waals surface area contributed by atoms with Crippen molar-refractivity contribution in [1.82, 2.24) is 9.80 Å². The molecule has 3 rings (SSSR count). The van der Waals surface area contributed by atoms with Gasteiger partial charge < -0.3 is 19.6 Å². The monoisotopic (exact) mass is 346 g/mol. The maximum atomic E-state index is 12.5. The van der Waals surface area contributed by atoms with Gasteiger partial charge in [0.15, 0.2) is 0 Å². The van der Waals surface area contributed by atoms with Crippen molar-refractivity contribution in [3.8, 4) is 0 Å². The molecule has 7 heteroatoms. The van der Waals surface area contributed by atoms with Crippen molar-refractivity contribution in [2.24, 2.45) is 0 Å². The average Bonchev–Trinajstić information content (AvgIpc) is 3.16. The SMILES string of the molecule is O=C(O)c1ccccc1CC(=O)N1CCN(C(=O)C2CCCO2)CC1. The van der Waals surface area contributed by atoms with Crippen molar-refractivity contribution in [2.45, 2.75) is 25.4 Å². The van der Waals surface area contributed by atoms with Gasteiger partial charge in [-0.3, -0.25) is 9.59 Å². The number of hydrogen-bond donors (Lipinski definition) is 1. The number of aromatic carboxylic acids is 1. The van der Waals surface area contributed by atoms with Crippen LogP contribution in [0.1, 0.15) is 28.8 Å². The van der Waals surface area contributed by atoms with E-state index in [1.807, 2.05) is 0 Å². The highest BCUT2D eigenvalue weighted by atomic mass is 16.5. The topological polar surface area (TPSA) is 87.2 Å². The zero-order valence-corrected chi connectivity index (χ0v) is 14.0. The minimum atomic E-state index is -1.03. The summed E-state index contributed by atoms with van der Waals surface area (Å²) in [6.07, 6.45) is 1.41. The highest BCUT2D eigenvalue weighted by Gasteiger charge is 2.31. The molecule has 2 fully saturated rings. The summed E-state index contributed by atoms with van der Waals surface area (Å²) in [5.74, 6) is -1.13. The Morgan fingerprint density at radius 1 is 1.08 bits per heavy atom. The smallest absolute Gasteiger partial charge is 0.335 e. The molecule has 25 heavy (non-hydrogen) atoms. The highest BCUT2D eigenvalue weighted by molar-refractivity contribution is 5.91. The van der Waals surface area contributed by atoms with Gasteiger partial charge in [0.05, 0.1) is 12.0 Å². The predicted molar refractivity (Wildman–Crippen MR) is 89.2 cm³/mol. The summed E-state index contributed by atoms with van der Waals surface area (Å²) in [4.78, 5) is 39.5. The van der Waals surface area contributed by atoms with Gasteiger partial charge in [-0.25, -0.2) is 4.79 Å². The van der Waals surface area contributed by atoms with E-state index in [9.17, 15) is 19.5 Å². The van der Waals surface area contributed by atoms with Gasteiger partial charge in [-0.1, -0.05) is 18.2 Å². The maximum absolute atomic E-state index is 12.5. The lowest BCUT2D eigenvalue weighted by atomic mass is 10.0.